The summed E-state index contributed by atoms with van der Waals surface area (Å²) in [6, 6.07) is 9.21. The molecule has 0 aliphatic carbocycles. The van der Waals surface area contributed by atoms with E-state index >= 15 is 0 Å². The molecule has 0 heterocycles. The van der Waals surface area contributed by atoms with Crippen molar-refractivity contribution in [2.75, 3.05) is 0 Å². The van der Waals surface area contributed by atoms with Crippen molar-refractivity contribution in [1.82, 2.24) is 0 Å². The van der Waals surface area contributed by atoms with E-state index < -0.39 is 0 Å². The van der Waals surface area contributed by atoms with Crippen molar-refractivity contribution >= 4 is 0 Å². The van der Waals surface area contributed by atoms with E-state index in [2.05, 4.69) is 45.0 Å². The molecule has 1 heteroatoms. The Labute approximate surface area is 93.7 Å². The van der Waals surface area contributed by atoms with E-state index in [9.17, 15) is 0 Å². The Morgan fingerprint density at radius 1 is 1.00 bits per heavy atom. The lowest BCUT2D eigenvalue weighted by Crippen LogP contribution is -2.21. The van der Waals surface area contributed by atoms with Crippen molar-refractivity contribution in [2.24, 2.45) is 11.7 Å². The van der Waals surface area contributed by atoms with Gasteiger partial charge in [0.1, 0.15) is 0 Å². The monoisotopic (exact) mass is 205 g/mol. The van der Waals surface area contributed by atoms with Gasteiger partial charge in [0, 0.05) is 6.04 Å². The van der Waals surface area contributed by atoms with Crippen molar-refractivity contribution in [3.8, 4) is 0 Å². The molecule has 0 saturated heterocycles. The summed E-state index contributed by atoms with van der Waals surface area (Å²) in [7, 11) is 0. The fourth-order valence-corrected chi connectivity index (χ4v) is 1.73. The van der Waals surface area contributed by atoms with Gasteiger partial charge in [-0.2, -0.15) is 0 Å². The topological polar surface area (TPSA) is 26.0 Å². The van der Waals surface area contributed by atoms with Crippen LogP contribution in [0.2, 0.25) is 0 Å². The number of benzene rings is 1. The van der Waals surface area contributed by atoms with Gasteiger partial charge in [0.25, 0.3) is 0 Å². The van der Waals surface area contributed by atoms with Gasteiger partial charge >= 0.3 is 0 Å². The van der Waals surface area contributed by atoms with Crippen LogP contribution in [0.5, 0.6) is 0 Å². The summed E-state index contributed by atoms with van der Waals surface area (Å²) in [6.45, 7) is 6.64. The second kappa shape index (κ2) is 5.92. The number of rotatable bonds is 5. The van der Waals surface area contributed by atoms with E-state index in [4.69, 9.17) is 5.73 Å². The summed E-state index contributed by atoms with van der Waals surface area (Å²) in [5, 5.41) is 0. The molecule has 1 aromatic rings. The first-order chi connectivity index (χ1) is 7.11. The van der Waals surface area contributed by atoms with Gasteiger partial charge in [-0.05, 0) is 36.3 Å². The molecule has 84 valence electrons. The maximum absolute atomic E-state index is 5.92. The normalized spacial score (nSPS) is 13.1. The van der Waals surface area contributed by atoms with Crippen molar-refractivity contribution in [3.05, 3.63) is 35.4 Å². The third-order valence-electron chi connectivity index (χ3n) is 2.69. The molecule has 2 N–H and O–H groups in total. The van der Waals surface area contributed by atoms with Gasteiger partial charge in [-0.25, -0.2) is 0 Å². The molecule has 1 nitrogen and oxygen atoms in total. The summed E-state index contributed by atoms with van der Waals surface area (Å²) >= 11 is 0. The van der Waals surface area contributed by atoms with Crippen LogP contribution in [0.4, 0.5) is 0 Å². The van der Waals surface area contributed by atoms with Crippen LogP contribution in [0.25, 0.3) is 0 Å². The maximum Gasteiger partial charge on any atom is 0.00766 e. The van der Waals surface area contributed by atoms with Gasteiger partial charge in [-0.1, -0.05) is 45.0 Å². The molecule has 15 heavy (non-hydrogen) atoms. The molecular weight excluding hydrogens is 182 g/mol. The largest absolute Gasteiger partial charge is 0.327 e. The van der Waals surface area contributed by atoms with Crippen molar-refractivity contribution in [3.63, 3.8) is 0 Å². The highest BCUT2D eigenvalue weighted by atomic mass is 14.6. The Morgan fingerprint density at radius 3 is 1.87 bits per heavy atom. The third kappa shape index (κ3) is 4.48. The zero-order chi connectivity index (χ0) is 11.3. The van der Waals surface area contributed by atoms with E-state index in [1.54, 1.807) is 0 Å². The zero-order valence-electron chi connectivity index (χ0n) is 10.2. The van der Waals surface area contributed by atoms with E-state index in [-0.39, 0.29) is 0 Å². The van der Waals surface area contributed by atoms with Crippen LogP contribution >= 0.6 is 0 Å². The first-order valence-electron chi connectivity index (χ1n) is 5.95. The highest BCUT2D eigenvalue weighted by Gasteiger charge is 2.02. The predicted octanol–water partition coefficient (Wildman–Crippen LogP) is 3.16. The molecule has 0 radical (unpaired) electrons. The second-order valence-electron chi connectivity index (χ2n) is 4.79. The average Bonchev–Trinajstić information content (AvgIpc) is 2.20. The van der Waals surface area contributed by atoms with Crippen LogP contribution in [0, 0.1) is 5.92 Å². The maximum atomic E-state index is 5.92. The van der Waals surface area contributed by atoms with E-state index in [0.717, 1.165) is 18.8 Å². The number of hydrogen-bond acceptors (Lipinski definition) is 1. The Morgan fingerprint density at radius 2 is 1.47 bits per heavy atom. The predicted molar refractivity (Wildman–Crippen MR) is 67.0 cm³/mol. The molecule has 0 aromatic heterocycles. The van der Waals surface area contributed by atoms with Gasteiger partial charge in [0.15, 0.2) is 0 Å². The van der Waals surface area contributed by atoms with Crippen molar-refractivity contribution < 1.29 is 0 Å². The highest BCUT2D eigenvalue weighted by molar-refractivity contribution is 5.23. The lowest BCUT2D eigenvalue weighted by atomic mass is 9.99. The Kier molecular flexibility index (Phi) is 4.83. The highest BCUT2D eigenvalue weighted by Crippen LogP contribution is 2.11. The van der Waals surface area contributed by atoms with Gasteiger partial charge < -0.3 is 5.73 Å². The van der Waals surface area contributed by atoms with E-state index in [0.29, 0.717) is 6.04 Å². The molecule has 1 rings (SSSR count). The Hall–Kier alpha value is -0.820. The smallest absolute Gasteiger partial charge is 0.00766 e. The van der Waals surface area contributed by atoms with Crippen LogP contribution in [-0.4, -0.2) is 6.04 Å². The van der Waals surface area contributed by atoms with Crippen LogP contribution in [-0.2, 0) is 12.8 Å². The lowest BCUT2D eigenvalue weighted by molar-refractivity contribution is 0.640. The van der Waals surface area contributed by atoms with Gasteiger partial charge in [-0.15, -0.1) is 0 Å². The molecule has 0 aliphatic heterocycles. The van der Waals surface area contributed by atoms with Gasteiger partial charge in [0.2, 0.25) is 0 Å². The first-order valence-corrected chi connectivity index (χ1v) is 5.95. The van der Waals surface area contributed by atoms with Gasteiger partial charge in [0.05, 0.1) is 0 Å². The van der Waals surface area contributed by atoms with Crippen LogP contribution in [0.15, 0.2) is 24.3 Å². The molecule has 0 fully saturated rings. The SMILES string of the molecule is CCC(N)Cc1ccc(CC(C)C)cc1. The third-order valence-corrected chi connectivity index (χ3v) is 2.69. The van der Waals surface area contributed by atoms with E-state index in [1.807, 2.05) is 0 Å². The van der Waals surface area contributed by atoms with Crippen molar-refractivity contribution in [2.45, 2.75) is 46.1 Å². The summed E-state index contributed by atoms with van der Waals surface area (Å²) in [6.07, 6.45) is 3.21. The zero-order valence-corrected chi connectivity index (χ0v) is 10.2. The van der Waals surface area contributed by atoms with Crippen LogP contribution in [0.1, 0.15) is 38.3 Å². The average molecular weight is 205 g/mol. The first kappa shape index (κ1) is 12.3. The fraction of sp³-hybridized carbons (Fsp3) is 0.571. The quantitative estimate of drug-likeness (QED) is 0.785. The minimum Gasteiger partial charge on any atom is -0.327 e. The molecule has 1 unspecified atom stereocenters. The Balaban J connectivity index is 2.56. The lowest BCUT2D eigenvalue weighted by Gasteiger charge is -2.10. The van der Waals surface area contributed by atoms with Crippen LogP contribution in [0.3, 0.4) is 0 Å². The molecular formula is C14H23N. The summed E-state index contributed by atoms with van der Waals surface area (Å²) < 4.78 is 0. The number of nitrogens with two attached hydrogens (primary N) is 1. The number of hydrogen-bond donors (Lipinski definition) is 1. The minimum atomic E-state index is 0.306. The minimum absolute atomic E-state index is 0.306. The second-order valence-corrected chi connectivity index (χ2v) is 4.79. The molecule has 1 atom stereocenters. The molecule has 0 bridgehead atoms. The molecule has 0 aliphatic rings. The van der Waals surface area contributed by atoms with Gasteiger partial charge in [-0.3, -0.25) is 0 Å². The Bertz CT molecular complexity index is 274. The van der Waals surface area contributed by atoms with Crippen LogP contribution < -0.4 is 5.73 Å². The summed E-state index contributed by atoms with van der Waals surface area (Å²) in [5.41, 5.74) is 8.71. The van der Waals surface area contributed by atoms with Crippen molar-refractivity contribution in [1.29, 1.82) is 0 Å². The standard InChI is InChI=1S/C14H23N/c1-4-14(15)10-13-7-5-12(6-8-13)9-11(2)3/h5-8,11,14H,4,9-10,15H2,1-3H3. The summed E-state index contributed by atoms with van der Waals surface area (Å²) in [5.74, 6) is 0.730. The fourth-order valence-electron chi connectivity index (χ4n) is 1.73. The molecule has 0 spiro atoms. The molecule has 1 aromatic carbocycles. The van der Waals surface area contributed by atoms with E-state index in [1.165, 1.54) is 17.5 Å². The summed E-state index contributed by atoms with van der Waals surface area (Å²) in [4.78, 5) is 0. The molecule has 0 saturated carbocycles. The molecule has 0 amide bonds.